The number of benzene rings is 16. The van der Waals surface area contributed by atoms with E-state index in [2.05, 4.69) is 393 Å². The third-order valence-corrected chi connectivity index (χ3v) is 24.5. The number of nitrogens with zero attached hydrogens (tertiary/aromatic N) is 3. The van der Waals surface area contributed by atoms with Gasteiger partial charge in [0.25, 0.3) is 6.71 Å². The molecule has 4 aliphatic rings. The maximum absolute atomic E-state index is 6.97. The third-order valence-electron chi connectivity index (χ3n) is 24.5. The van der Waals surface area contributed by atoms with Gasteiger partial charge in [-0.25, -0.2) is 0 Å². The number of fused-ring (bicyclic) bond motifs is 20. The van der Waals surface area contributed by atoms with Crippen LogP contribution in [0.3, 0.4) is 0 Å². The maximum Gasteiger partial charge on any atom is 0.252 e. The predicted molar refractivity (Wildman–Crippen MR) is 457 cm³/mol. The van der Waals surface area contributed by atoms with Gasteiger partial charge in [-0.05, 0) is 194 Å². The lowest BCUT2D eigenvalue weighted by Crippen LogP contribution is -2.62. The van der Waals surface area contributed by atoms with Crippen molar-refractivity contribution in [2.24, 2.45) is 0 Å². The van der Waals surface area contributed by atoms with E-state index in [-0.39, 0.29) is 12.1 Å². The Morgan fingerprint density at radius 1 is 0.321 bits per heavy atom. The first-order valence-electron chi connectivity index (χ1n) is 38.5. The van der Waals surface area contributed by atoms with Gasteiger partial charge in [0.15, 0.2) is 0 Å². The fraction of sp³-hybridized carbons (Fsp3) is 0.0769. The summed E-state index contributed by atoms with van der Waals surface area (Å²) in [6.07, 6.45) is 0.752. The quantitative estimate of drug-likeness (QED) is 0.121. The minimum absolute atomic E-state index is 0.197. The number of anilines is 4. The Labute approximate surface area is 635 Å². The van der Waals surface area contributed by atoms with E-state index in [1.807, 2.05) is 0 Å². The van der Waals surface area contributed by atoms with Gasteiger partial charge in [-0.15, -0.1) is 0 Å². The molecule has 0 saturated heterocycles. The highest BCUT2D eigenvalue weighted by Crippen LogP contribution is 2.64. The van der Waals surface area contributed by atoms with Gasteiger partial charge in [-0.3, -0.25) is 0 Å². The topological polar surface area (TPSA) is 24.6 Å². The van der Waals surface area contributed by atoms with Crippen LogP contribution in [0.1, 0.15) is 59.7 Å². The van der Waals surface area contributed by atoms with E-state index < -0.39 is 5.41 Å². The van der Waals surface area contributed by atoms with Gasteiger partial charge in [0.2, 0.25) is 0 Å². The van der Waals surface area contributed by atoms with Gasteiger partial charge >= 0.3 is 0 Å². The summed E-state index contributed by atoms with van der Waals surface area (Å²) >= 11 is 0. The van der Waals surface area contributed by atoms with Crippen molar-refractivity contribution in [2.75, 3.05) is 16.3 Å². The molecular weight excluding hydrogens is 1320 g/mol. The van der Waals surface area contributed by atoms with Crippen LogP contribution < -0.4 is 26.2 Å². The van der Waals surface area contributed by atoms with Crippen LogP contribution in [0.5, 0.6) is 0 Å². The van der Waals surface area contributed by atoms with E-state index in [9.17, 15) is 0 Å². The first kappa shape index (κ1) is 63.1. The molecule has 2 aliphatic carbocycles. The molecule has 0 atom stereocenters. The summed E-state index contributed by atoms with van der Waals surface area (Å²) < 4.78 is 9.58. The second kappa shape index (κ2) is 24.4. The van der Waals surface area contributed by atoms with Crippen LogP contribution in [0, 0.1) is 0 Å². The molecule has 1 spiro atoms. The molecule has 0 amide bonds. The summed E-state index contributed by atoms with van der Waals surface area (Å²) in [5, 5.41) is 4.70. The van der Waals surface area contributed by atoms with Crippen molar-refractivity contribution in [3.8, 4) is 83.6 Å². The lowest BCUT2D eigenvalue weighted by atomic mass is 9.33. The highest BCUT2D eigenvalue weighted by atomic mass is 16.3. The minimum atomic E-state index is -0.522. The SMILES string of the molecule is CC(C)(C)c1cc2c3c(c1)N(Cc1c(-c4ccccc4)cccc1-c1ccccc1)c1ccc(-c4cccc5c4oc4ccccc45)cc1B3c1ccc(-n3c4ccccc4c4cc5c(cc43)C3(c4ccccc4-c4ccccc43)c3ccccc3-5)cc1N2CCc1c(-c2ccccc2)cccc1-c1ccccc1. The fourth-order valence-electron chi connectivity index (χ4n) is 19.6. The van der Waals surface area contributed by atoms with E-state index in [4.69, 9.17) is 4.42 Å². The highest BCUT2D eigenvalue weighted by molar-refractivity contribution is 7.00. The monoisotopic (exact) mass is 1390 g/mol. The van der Waals surface area contributed by atoms with E-state index in [0.29, 0.717) is 13.1 Å². The van der Waals surface area contributed by atoms with Gasteiger partial charge < -0.3 is 18.8 Å². The van der Waals surface area contributed by atoms with E-state index >= 15 is 0 Å². The molecule has 2 aliphatic heterocycles. The molecule has 0 N–H and O–H groups in total. The van der Waals surface area contributed by atoms with Crippen LogP contribution in [0.25, 0.3) is 127 Å². The second-order valence-electron chi connectivity index (χ2n) is 31.2. The van der Waals surface area contributed by atoms with E-state index in [1.165, 1.54) is 167 Å². The summed E-state index contributed by atoms with van der Waals surface area (Å²) in [7, 11) is 0. The molecule has 0 radical (unpaired) electrons. The maximum atomic E-state index is 6.97. The molecule has 2 aromatic heterocycles. The number of hydrogen-bond acceptors (Lipinski definition) is 3. The summed E-state index contributed by atoms with van der Waals surface area (Å²) in [6.45, 7) is 8.28. The van der Waals surface area contributed by atoms with Crippen LogP contribution in [-0.4, -0.2) is 17.8 Å². The summed E-state index contributed by atoms with van der Waals surface area (Å²) in [6, 6.07) is 135. The Balaban J connectivity index is 0.822. The van der Waals surface area contributed by atoms with Crippen molar-refractivity contribution in [1.29, 1.82) is 0 Å². The van der Waals surface area contributed by atoms with Crippen molar-refractivity contribution in [3.05, 3.63) is 397 Å². The molecule has 4 heterocycles. The fourth-order valence-corrected chi connectivity index (χ4v) is 19.6. The molecule has 22 rings (SSSR count). The van der Waals surface area contributed by atoms with Crippen molar-refractivity contribution in [2.45, 2.75) is 44.6 Å². The Morgan fingerprint density at radius 2 is 0.817 bits per heavy atom. The average Bonchev–Trinajstić information content (AvgIpc) is 1.59. The number of para-hydroxylation sites is 3. The molecule has 514 valence electrons. The van der Waals surface area contributed by atoms with Crippen molar-refractivity contribution in [1.82, 2.24) is 4.57 Å². The van der Waals surface area contributed by atoms with Crippen LogP contribution >= 0.6 is 0 Å². The second-order valence-corrected chi connectivity index (χ2v) is 31.2. The third kappa shape index (κ3) is 9.52. The van der Waals surface area contributed by atoms with Crippen molar-refractivity contribution in [3.63, 3.8) is 0 Å². The molecule has 5 heteroatoms. The molecule has 4 nitrogen and oxygen atoms in total. The lowest BCUT2D eigenvalue weighted by Gasteiger charge is -2.45. The van der Waals surface area contributed by atoms with Crippen LogP contribution in [-0.2, 0) is 23.8 Å². The molecule has 109 heavy (non-hydrogen) atoms. The highest BCUT2D eigenvalue weighted by Gasteiger charge is 2.52. The Bertz CT molecular complexity index is 6600. The van der Waals surface area contributed by atoms with Gasteiger partial charge in [0, 0.05) is 68.6 Å². The average molecular weight is 1390 g/mol. The lowest BCUT2D eigenvalue weighted by molar-refractivity contribution is 0.590. The minimum Gasteiger partial charge on any atom is -0.455 e. The van der Waals surface area contributed by atoms with E-state index in [0.717, 1.165) is 45.2 Å². The summed E-state index contributed by atoms with van der Waals surface area (Å²) in [5.74, 6) is 0. The number of furan rings is 1. The molecule has 18 aromatic rings. The first-order valence-corrected chi connectivity index (χ1v) is 38.5. The molecule has 0 bridgehead atoms. The number of aromatic nitrogens is 1. The largest absolute Gasteiger partial charge is 0.455 e. The van der Waals surface area contributed by atoms with Crippen LogP contribution in [0.4, 0.5) is 22.7 Å². The first-order chi connectivity index (χ1) is 53.7. The van der Waals surface area contributed by atoms with Gasteiger partial charge in [0.05, 0.1) is 16.4 Å². The zero-order valence-electron chi connectivity index (χ0n) is 61.0. The number of rotatable bonds is 11. The van der Waals surface area contributed by atoms with Crippen molar-refractivity contribution < 1.29 is 4.42 Å². The molecule has 0 saturated carbocycles. The normalized spacial score (nSPS) is 13.4. The Kier molecular flexibility index (Phi) is 14.1. The standard InChI is InChI=1S/C104H74BN3O/c1-103(2,3)71-60-98-101-99(61-71)107(65-87-75(68-33-12-6-13-34-68)44-27-45-76(87)69-35-14-7-15-36-69)95-56-53-70(77-46-28-47-84-83-41-20-25-52-100(83)109-102(77)84)59-93(95)105(101)92-55-54-72(62-97(92)106(98)58-57-78-73(66-29-8-4-9-30-66)42-26-43-74(78)67-31-10-5-11-32-67)108-94-51-24-19-40-82(94)86-63-85-81-39-18-23-50-90(81)104(91(85)64-96(86)108)88-48-21-16-37-79(88)80-38-17-22-49-89(80)104/h4-56,59-64H,57-58,65H2,1-3H3. The smallest absolute Gasteiger partial charge is 0.252 e. The van der Waals surface area contributed by atoms with Crippen LogP contribution in [0.2, 0.25) is 0 Å². The van der Waals surface area contributed by atoms with E-state index in [1.54, 1.807) is 0 Å². The Hall–Kier alpha value is -13.2. The van der Waals surface area contributed by atoms with Gasteiger partial charge in [0.1, 0.15) is 11.2 Å². The zero-order chi connectivity index (χ0) is 72.2. The predicted octanol–water partition coefficient (Wildman–Crippen LogP) is 24.5. The molecule has 16 aromatic carbocycles. The van der Waals surface area contributed by atoms with Gasteiger partial charge in [-0.1, -0.05) is 324 Å². The number of hydrogen-bond donors (Lipinski definition) is 0. The van der Waals surface area contributed by atoms with Gasteiger partial charge in [-0.2, -0.15) is 0 Å². The zero-order valence-corrected chi connectivity index (χ0v) is 61.0. The van der Waals surface area contributed by atoms with Crippen molar-refractivity contribution >= 4 is 89.6 Å². The molecular formula is C104H74BN3O. The summed E-state index contributed by atoms with van der Waals surface area (Å²) in [4.78, 5) is 5.47. The Morgan fingerprint density at radius 3 is 1.42 bits per heavy atom. The molecule has 0 unspecified atom stereocenters. The summed E-state index contributed by atoms with van der Waals surface area (Å²) in [5.41, 5.74) is 39.5. The van der Waals surface area contributed by atoms with Crippen LogP contribution in [0.15, 0.2) is 362 Å². The molecule has 0 fully saturated rings.